The Balaban J connectivity index is 1.56. The second kappa shape index (κ2) is 5.85. The molecule has 3 rings (SSSR count). The molecule has 0 spiro atoms. The summed E-state index contributed by atoms with van der Waals surface area (Å²) in [6.45, 7) is 6.04. The van der Waals surface area contributed by atoms with Gasteiger partial charge in [0.15, 0.2) is 0 Å². The van der Waals surface area contributed by atoms with Gasteiger partial charge in [0.1, 0.15) is 0 Å². The van der Waals surface area contributed by atoms with Gasteiger partial charge in [-0.25, -0.2) is 0 Å². The highest BCUT2D eigenvalue weighted by molar-refractivity contribution is 5.35. The van der Waals surface area contributed by atoms with Crippen molar-refractivity contribution in [1.29, 1.82) is 0 Å². The Labute approximate surface area is 110 Å². The summed E-state index contributed by atoms with van der Waals surface area (Å²) in [4.78, 5) is 2.60. The molecule has 0 aromatic heterocycles. The third-order valence-electron chi connectivity index (χ3n) is 4.31. The maximum Gasteiger partial charge on any atom is 0.0107 e. The quantitative estimate of drug-likeness (QED) is 0.875. The van der Waals surface area contributed by atoms with E-state index in [1.807, 2.05) is 0 Å². The maximum atomic E-state index is 3.47. The summed E-state index contributed by atoms with van der Waals surface area (Å²) in [5, 5.41) is 3.47. The maximum absolute atomic E-state index is 3.47. The lowest BCUT2D eigenvalue weighted by molar-refractivity contribution is 0.296. The second-order valence-corrected chi connectivity index (χ2v) is 5.65. The topological polar surface area (TPSA) is 15.3 Å². The smallest absolute Gasteiger partial charge is 0.0107 e. The molecule has 1 saturated heterocycles. The van der Waals surface area contributed by atoms with Gasteiger partial charge in [0.05, 0.1) is 0 Å². The minimum absolute atomic E-state index is 1.16. The van der Waals surface area contributed by atoms with Crippen LogP contribution in [0.5, 0.6) is 0 Å². The summed E-state index contributed by atoms with van der Waals surface area (Å²) in [6.07, 6.45) is 6.47. The zero-order chi connectivity index (χ0) is 12.2. The molecule has 0 unspecified atom stereocenters. The van der Waals surface area contributed by atoms with Gasteiger partial charge >= 0.3 is 0 Å². The van der Waals surface area contributed by atoms with Crippen LogP contribution >= 0.6 is 0 Å². The van der Waals surface area contributed by atoms with E-state index in [1.165, 1.54) is 63.8 Å². The van der Waals surface area contributed by atoms with E-state index in [0.29, 0.717) is 0 Å². The molecule has 1 aliphatic carbocycles. The largest absolute Gasteiger partial charge is 0.315 e. The summed E-state index contributed by atoms with van der Waals surface area (Å²) in [5.74, 6) is 0. The van der Waals surface area contributed by atoms with E-state index in [4.69, 9.17) is 0 Å². The van der Waals surface area contributed by atoms with E-state index in [2.05, 4.69) is 28.4 Å². The van der Waals surface area contributed by atoms with Crippen molar-refractivity contribution in [3.05, 3.63) is 34.9 Å². The van der Waals surface area contributed by atoms with E-state index < -0.39 is 0 Å². The van der Waals surface area contributed by atoms with Gasteiger partial charge in [0.25, 0.3) is 0 Å². The van der Waals surface area contributed by atoms with Gasteiger partial charge < -0.3 is 10.2 Å². The molecule has 2 nitrogen and oxygen atoms in total. The van der Waals surface area contributed by atoms with Crippen molar-refractivity contribution in [3.63, 3.8) is 0 Å². The lowest BCUT2D eigenvalue weighted by Crippen LogP contribution is -2.30. The molecule has 1 fully saturated rings. The predicted octanol–water partition coefficient (Wildman–Crippen LogP) is 2.01. The number of fused-ring (bicyclic) bond motifs is 1. The normalized spacial score (nSPS) is 20.7. The number of rotatable bonds is 3. The van der Waals surface area contributed by atoms with Gasteiger partial charge in [-0.2, -0.15) is 0 Å². The Hall–Kier alpha value is -0.860. The molecular formula is C16H24N2. The zero-order valence-electron chi connectivity index (χ0n) is 11.3. The third-order valence-corrected chi connectivity index (χ3v) is 4.31. The summed E-state index contributed by atoms with van der Waals surface area (Å²) >= 11 is 0. The Morgan fingerprint density at radius 2 is 1.94 bits per heavy atom. The molecule has 0 bridgehead atoms. The van der Waals surface area contributed by atoms with Crippen molar-refractivity contribution in [2.45, 2.75) is 32.1 Å². The lowest BCUT2D eigenvalue weighted by Gasteiger charge is -2.19. The van der Waals surface area contributed by atoms with Gasteiger partial charge in [-0.05, 0) is 61.9 Å². The summed E-state index contributed by atoms with van der Waals surface area (Å²) in [6, 6.07) is 7.17. The molecule has 1 heterocycles. The zero-order valence-corrected chi connectivity index (χ0v) is 11.3. The Bertz CT molecular complexity index is 392. The van der Waals surface area contributed by atoms with Crippen molar-refractivity contribution in [1.82, 2.24) is 10.2 Å². The van der Waals surface area contributed by atoms with Crippen molar-refractivity contribution in [2.24, 2.45) is 0 Å². The number of nitrogens with zero attached hydrogens (tertiary/aromatic N) is 1. The first kappa shape index (κ1) is 12.2. The second-order valence-electron chi connectivity index (χ2n) is 5.65. The van der Waals surface area contributed by atoms with Crippen LogP contribution in [-0.2, 0) is 19.3 Å². The molecule has 0 atom stereocenters. The van der Waals surface area contributed by atoms with Crippen LogP contribution < -0.4 is 5.32 Å². The van der Waals surface area contributed by atoms with Gasteiger partial charge in [0.2, 0.25) is 0 Å². The van der Waals surface area contributed by atoms with E-state index in [9.17, 15) is 0 Å². The standard InChI is InChI=1S/C16H24N2/c1-3-15-6-5-14(13-16(15)4-1)7-11-18-10-2-8-17-9-12-18/h5-6,13,17H,1-4,7-12H2. The molecule has 2 heteroatoms. The minimum atomic E-state index is 1.16. The first-order valence-electron chi connectivity index (χ1n) is 7.45. The average Bonchev–Trinajstić information content (AvgIpc) is 2.70. The highest BCUT2D eigenvalue weighted by Gasteiger charge is 2.12. The molecular weight excluding hydrogens is 220 g/mol. The summed E-state index contributed by atoms with van der Waals surface area (Å²) < 4.78 is 0. The van der Waals surface area contributed by atoms with E-state index in [-0.39, 0.29) is 0 Å². The van der Waals surface area contributed by atoms with Gasteiger partial charge in [0, 0.05) is 19.6 Å². The Morgan fingerprint density at radius 1 is 1.00 bits per heavy atom. The molecule has 0 saturated carbocycles. The summed E-state index contributed by atoms with van der Waals surface area (Å²) in [7, 11) is 0. The first-order valence-corrected chi connectivity index (χ1v) is 7.45. The van der Waals surface area contributed by atoms with Crippen molar-refractivity contribution in [3.8, 4) is 0 Å². The van der Waals surface area contributed by atoms with E-state index in [1.54, 1.807) is 11.1 Å². The van der Waals surface area contributed by atoms with Crippen molar-refractivity contribution >= 4 is 0 Å². The molecule has 2 aliphatic rings. The Kier molecular flexibility index (Phi) is 3.96. The fourth-order valence-corrected chi connectivity index (χ4v) is 3.19. The fraction of sp³-hybridized carbons (Fsp3) is 0.625. The molecule has 1 aliphatic heterocycles. The number of nitrogens with one attached hydrogen (secondary N) is 1. The van der Waals surface area contributed by atoms with E-state index >= 15 is 0 Å². The van der Waals surface area contributed by atoms with Crippen LogP contribution in [-0.4, -0.2) is 37.6 Å². The molecule has 18 heavy (non-hydrogen) atoms. The van der Waals surface area contributed by atoms with Crippen molar-refractivity contribution in [2.75, 3.05) is 32.7 Å². The highest BCUT2D eigenvalue weighted by Crippen LogP contribution is 2.23. The van der Waals surface area contributed by atoms with Gasteiger partial charge in [-0.1, -0.05) is 18.2 Å². The van der Waals surface area contributed by atoms with Crippen LogP contribution in [0.4, 0.5) is 0 Å². The SMILES string of the molecule is c1cc2c(cc1CCN1CCCNCC1)CCC2. The Morgan fingerprint density at radius 3 is 2.94 bits per heavy atom. The number of aryl methyl sites for hydroxylation is 2. The molecule has 1 aromatic carbocycles. The van der Waals surface area contributed by atoms with Crippen LogP contribution in [0.15, 0.2) is 18.2 Å². The molecule has 0 amide bonds. The lowest BCUT2D eigenvalue weighted by atomic mass is 10.0. The molecule has 0 radical (unpaired) electrons. The fourth-order valence-electron chi connectivity index (χ4n) is 3.19. The molecule has 98 valence electrons. The van der Waals surface area contributed by atoms with Crippen LogP contribution in [0.25, 0.3) is 0 Å². The predicted molar refractivity (Wildman–Crippen MR) is 76.1 cm³/mol. The van der Waals surface area contributed by atoms with E-state index in [0.717, 1.165) is 6.54 Å². The molecule has 1 N–H and O–H groups in total. The number of hydrogen-bond donors (Lipinski definition) is 1. The van der Waals surface area contributed by atoms with Crippen LogP contribution in [0.3, 0.4) is 0 Å². The van der Waals surface area contributed by atoms with Crippen LogP contribution in [0, 0.1) is 0 Å². The number of hydrogen-bond acceptors (Lipinski definition) is 2. The van der Waals surface area contributed by atoms with Crippen LogP contribution in [0.2, 0.25) is 0 Å². The van der Waals surface area contributed by atoms with Gasteiger partial charge in [-0.15, -0.1) is 0 Å². The van der Waals surface area contributed by atoms with Crippen molar-refractivity contribution < 1.29 is 0 Å². The highest BCUT2D eigenvalue weighted by atomic mass is 15.1. The third kappa shape index (κ3) is 2.93. The first-order chi connectivity index (χ1) is 8.92. The van der Waals surface area contributed by atoms with Gasteiger partial charge in [-0.3, -0.25) is 0 Å². The average molecular weight is 244 g/mol. The number of benzene rings is 1. The van der Waals surface area contributed by atoms with Crippen LogP contribution in [0.1, 0.15) is 29.5 Å². The monoisotopic (exact) mass is 244 g/mol. The minimum Gasteiger partial charge on any atom is -0.315 e. The summed E-state index contributed by atoms with van der Waals surface area (Å²) in [5.41, 5.74) is 4.75. The molecule has 1 aromatic rings.